The van der Waals surface area contributed by atoms with Gasteiger partial charge >= 0.3 is 12.0 Å². The number of nitrogens with one attached hydrogen (secondary N) is 2. The van der Waals surface area contributed by atoms with Crippen LogP contribution in [0.2, 0.25) is 0 Å². The van der Waals surface area contributed by atoms with Gasteiger partial charge in [-0.05, 0) is 43.2 Å². The van der Waals surface area contributed by atoms with E-state index in [2.05, 4.69) is 17.6 Å². The van der Waals surface area contributed by atoms with E-state index >= 15 is 0 Å². The number of nitrogens with zero attached hydrogens (tertiary/aromatic N) is 1. The highest BCUT2D eigenvalue weighted by atomic mass is 16.5. The van der Waals surface area contributed by atoms with E-state index in [1.165, 1.54) is 0 Å². The van der Waals surface area contributed by atoms with E-state index in [1.54, 1.807) is 0 Å². The number of hydrogen-bond donors (Lipinski definition) is 2. The van der Waals surface area contributed by atoms with Gasteiger partial charge in [-0.15, -0.1) is 0 Å². The molecule has 1 aromatic carbocycles. The van der Waals surface area contributed by atoms with E-state index in [0.29, 0.717) is 18.0 Å². The lowest BCUT2D eigenvalue weighted by Gasteiger charge is -2.24. The van der Waals surface area contributed by atoms with Gasteiger partial charge in [-0.25, -0.2) is 9.59 Å². The summed E-state index contributed by atoms with van der Waals surface area (Å²) in [5.74, 6) is -0.768. The van der Waals surface area contributed by atoms with Crippen molar-refractivity contribution in [1.82, 2.24) is 15.6 Å². The van der Waals surface area contributed by atoms with Crippen LogP contribution in [0.3, 0.4) is 0 Å². The van der Waals surface area contributed by atoms with E-state index < -0.39 is 24.5 Å². The van der Waals surface area contributed by atoms with Gasteiger partial charge < -0.3 is 10.1 Å². The first-order chi connectivity index (χ1) is 14.0. The van der Waals surface area contributed by atoms with Gasteiger partial charge in [-0.2, -0.15) is 0 Å². The van der Waals surface area contributed by atoms with Crippen molar-refractivity contribution in [3.63, 3.8) is 0 Å². The van der Waals surface area contributed by atoms with Crippen LogP contribution in [0.15, 0.2) is 24.3 Å². The molecule has 0 fully saturated rings. The average Bonchev–Trinajstić information content (AvgIpc) is 2.70. The summed E-state index contributed by atoms with van der Waals surface area (Å²) in [7, 11) is 0. The molecule has 7 nitrogen and oxygen atoms in total. The molecule has 2 aromatic rings. The van der Waals surface area contributed by atoms with Crippen LogP contribution >= 0.6 is 0 Å². The number of amides is 3. The minimum atomic E-state index is -0.659. The second kappa shape index (κ2) is 9.49. The number of rotatable bonds is 6. The molecule has 1 aromatic heterocycles. The molecule has 1 heterocycles. The third-order valence-electron chi connectivity index (χ3n) is 5.11. The number of esters is 1. The van der Waals surface area contributed by atoms with Crippen LogP contribution in [0.25, 0.3) is 10.9 Å². The molecule has 0 aliphatic heterocycles. The monoisotopic (exact) mass is 397 g/mol. The molecule has 0 saturated carbocycles. The predicted molar refractivity (Wildman–Crippen MR) is 110 cm³/mol. The molecule has 0 spiro atoms. The molecule has 3 amide bonds. The maximum absolute atomic E-state index is 12.9. The van der Waals surface area contributed by atoms with Crippen molar-refractivity contribution in [2.45, 2.75) is 46.0 Å². The number of fused-ring (bicyclic) bond motifs is 2. The van der Waals surface area contributed by atoms with Crippen LogP contribution in [0, 0.1) is 5.92 Å². The molecule has 154 valence electrons. The van der Waals surface area contributed by atoms with Crippen LogP contribution in [0.5, 0.6) is 0 Å². The standard InChI is InChI=1S/C22H27N3O4/c1-3-4-11-23-22(28)25-19(26)13-29-21(27)20-15-7-5-6-8-17(15)24-18-10-9-14(2)12-16(18)20/h5-8,14H,3-4,9-13H2,1-2H3,(H2,23,25,26,28). The molecular formula is C22H27N3O4. The Morgan fingerprint density at radius 3 is 2.83 bits per heavy atom. The van der Waals surface area contributed by atoms with Gasteiger partial charge in [0, 0.05) is 17.6 Å². The molecule has 1 aliphatic rings. The Hall–Kier alpha value is -2.96. The van der Waals surface area contributed by atoms with Gasteiger partial charge in [-0.3, -0.25) is 15.1 Å². The molecule has 2 N–H and O–H groups in total. The number of carbonyl (C=O) groups excluding carboxylic acids is 3. The maximum atomic E-state index is 12.9. The highest BCUT2D eigenvalue weighted by molar-refractivity contribution is 6.06. The molecule has 0 saturated heterocycles. The number of ether oxygens (including phenoxy) is 1. The number of imide groups is 1. The predicted octanol–water partition coefficient (Wildman–Crippen LogP) is 3.14. The maximum Gasteiger partial charge on any atom is 0.339 e. The van der Waals surface area contributed by atoms with E-state index in [9.17, 15) is 14.4 Å². The lowest BCUT2D eigenvalue weighted by molar-refractivity contribution is -0.123. The zero-order chi connectivity index (χ0) is 20.8. The Morgan fingerprint density at radius 1 is 1.24 bits per heavy atom. The summed E-state index contributed by atoms with van der Waals surface area (Å²) in [4.78, 5) is 41.2. The number of unbranched alkanes of at least 4 members (excludes halogenated alkanes) is 1. The first-order valence-electron chi connectivity index (χ1n) is 10.1. The molecule has 7 heteroatoms. The molecule has 1 atom stereocenters. The third-order valence-corrected chi connectivity index (χ3v) is 5.11. The topological polar surface area (TPSA) is 97.4 Å². The Balaban J connectivity index is 1.73. The van der Waals surface area contributed by atoms with Crippen LogP contribution in [-0.4, -0.2) is 36.0 Å². The average molecular weight is 397 g/mol. The van der Waals surface area contributed by atoms with Gasteiger partial charge in [0.05, 0.1) is 11.1 Å². The summed E-state index contributed by atoms with van der Waals surface area (Å²) < 4.78 is 5.27. The molecule has 0 bridgehead atoms. The number of para-hydroxylation sites is 1. The minimum Gasteiger partial charge on any atom is -0.452 e. The summed E-state index contributed by atoms with van der Waals surface area (Å²) in [5, 5.41) is 5.48. The fourth-order valence-electron chi connectivity index (χ4n) is 3.58. The first-order valence-corrected chi connectivity index (χ1v) is 10.1. The summed E-state index contributed by atoms with van der Waals surface area (Å²) in [6.45, 7) is 4.13. The molecule has 0 radical (unpaired) electrons. The van der Waals surface area contributed by atoms with E-state index in [4.69, 9.17) is 9.72 Å². The van der Waals surface area contributed by atoms with Crippen LogP contribution in [0.1, 0.15) is 54.7 Å². The van der Waals surface area contributed by atoms with Crippen molar-refractivity contribution in [2.75, 3.05) is 13.2 Å². The van der Waals surface area contributed by atoms with Gasteiger partial charge in [0.15, 0.2) is 6.61 Å². The van der Waals surface area contributed by atoms with Crippen LogP contribution in [-0.2, 0) is 22.4 Å². The van der Waals surface area contributed by atoms with E-state index in [-0.39, 0.29) is 0 Å². The molecule has 1 unspecified atom stereocenters. The van der Waals surface area contributed by atoms with Gasteiger partial charge in [0.25, 0.3) is 5.91 Å². The Labute approximate surface area is 170 Å². The zero-order valence-corrected chi connectivity index (χ0v) is 16.9. The molecule has 29 heavy (non-hydrogen) atoms. The van der Waals surface area contributed by atoms with Crippen LogP contribution < -0.4 is 10.6 Å². The quantitative estimate of drug-likeness (QED) is 0.576. The SMILES string of the molecule is CCCCNC(=O)NC(=O)COC(=O)c1c2c(nc3ccccc13)CCC(C)C2. The van der Waals surface area contributed by atoms with Gasteiger partial charge in [-0.1, -0.05) is 38.5 Å². The number of hydrogen-bond acceptors (Lipinski definition) is 5. The van der Waals surface area contributed by atoms with Crippen molar-refractivity contribution in [3.8, 4) is 0 Å². The Morgan fingerprint density at radius 2 is 2.03 bits per heavy atom. The largest absolute Gasteiger partial charge is 0.452 e. The van der Waals surface area contributed by atoms with Crippen molar-refractivity contribution in [2.24, 2.45) is 5.92 Å². The fraction of sp³-hybridized carbons (Fsp3) is 0.455. The van der Waals surface area contributed by atoms with Crippen LogP contribution in [0.4, 0.5) is 4.79 Å². The lowest BCUT2D eigenvalue weighted by Crippen LogP contribution is -2.41. The highest BCUT2D eigenvalue weighted by Crippen LogP contribution is 2.31. The number of pyridine rings is 1. The lowest BCUT2D eigenvalue weighted by atomic mass is 9.84. The molecule has 1 aliphatic carbocycles. The van der Waals surface area contributed by atoms with Crippen molar-refractivity contribution >= 4 is 28.8 Å². The minimum absolute atomic E-state index is 0.451. The smallest absolute Gasteiger partial charge is 0.339 e. The van der Waals surface area contributed by atoms with Gasteiger partial charge in [0.2, 0.25) is 0 Å². The van der Waals surface area contributed by atoms with Crippen molar-refractivity contribution < 1.29 is 19.1 Å². The van der Waals surface area contributed by atoms with Gasteiger partial charge in [0.1, 0.15) is 0 Å². The normalized spacial score (nSPS) is 15.4. The first kappa shape index (κ1) is 20.8. The van der Waals surface area contributed by atoms with E-state index in [0.717, 1.165) is 54.3 Å². The summed E-state index contributed by atoms with van der Waals surface area (Å²) in [6, 6.07) is 6.87. The fourth-order valence-corrected chi connectivity index (χ4v) is 3.58. The van der Waals surface area contributed by atoms with Crippen molar-refractivity contribution in [3.05, 3.63) is 41.1 Å². The number of aromatic nitrogens is 1. The number of benzene rings is 1. The third kappa shape index (κ3) is 5.10. The highest BCUT2D eigenvalue weighted by Gasteiger charge is 2.26. The summed E-state index contributed by atoms with van der Waals surface area (Å²) in [5.41, 5.74) is 3.06. The van der Waals surface area contributed by atoms with Crippen molar-refractivity contribution in [1.29, 1.82) is 0 Å². The van der Waals surface area contributed by atoms with E-state index in [1.807, 2.05) is 31.2 Å². The molecule has 3 rings (SSSR count). The zero-order valence-electron chi connectivity index (χ0n) is 16.9. The number of carbonyl (C=O) groups is 3. The Kier molecular flexibility index (Phi) is 6.80. The Bertz CT molecular complexity index is 926. The number of aryl methyl sites for hydroxylation is 1. The molecular weight excluding hydrogens is 370 g/mol. The number of urea groups is 1. The summed E-state index contributed by atoms with van der Waals surface area (Å²) >= 11 is 0. The second-order valence-electron chi connectivity index (χ2n) is 7.51. The summed E-state index contributed by atoms with van der Waals surface area (Å²) in [6.07, 6.45) is 4.37. The second-order valence-corrected chi connectivity index (χ2v) is 7.51.